The molecule has 1 aromatic carbocycles. The van der Waals surface area contributed by atoms with Crippen LogP contribution in [0.15, 0.2) is 34.8 Å². The highest BCUT2D eigenvalue weighted by Crippen LogP contribution is 2.20. The first kappa shape index (κ1) is 13.5. The zero-order chi connectivity index (χ0) is 14.0. The van der Waals surface area contributed by atoms with Crippen LogP contribution in [0.1, 0.15) is 16.1 Å². The summed E-state index contributed by atoms with van der Waals surface area (Å²) < 4.78 is 13.9. The first-order chi connectivity index (χ1) is 8.97. The Kier molecular flexibility index (Phi) is 3.80. The molecule has 2 rings (SSSR count). The lowest BCUT2D eigenvalue weighted by atomic mass is 10.2. The Morgan fingerprint density at radius 1 is 1.37 bits per heavy atom. The number of benzene rings is 1. The van der Waals surface area contributed by atoms with Gasteiger partial charge in [0.15, 0.2) is 0 Å². The molecule has 6 heteroatoms. The lowest BCUT2D eigenvalue weighted by Crippen LogP contribution is -2.13. The third-order valence-electron chi connectivity index (χ3n) is 2.47. The molecule has 2 N–H and O–H groups in total. The minimum Gasteiger partial charge on any atom is -0.507 e. The Bertz CT molecular complexity index is 647. The molecule has 0 aliphatic carbocycles. The Labute approximate surface area is 117 Å². The number of amides is 1. The summed E-state index contributed by atoms with van der Waals surface area (Å²) in [5.41, 5.74) is 0.573. The van der Waals surface area contributed by atoms with Crippen LogP contribution in [0.2, 0.25) is 0 Å². The summed E-state index contributed by atoms with van der Waals surface area (Å²) in [6, 6.07) is 6.52. The average molecular weight is 325 g/mol. The number of rotatable bonds is 2. The first-order valence-electron chi connectivity index (χ1n) is 5.40. The third-order valence-corrected chi connectivity index (χ3v) is 3.30. The number of halogens is 2. The number of aromatic hydroxyl groups is 1. The van der Waals surface area contributed by atoms with E-state index in [4.69, 9.17) is 0 Å². The zero-order valence-electron chi connectivity index (χ0n) is 9.95. The van der Waals surface area contributed by atoms with Crippen molar-refractivity contribution in [3.63, 3.8) is 0 Å². The Morgan fingerprint density at radius 2 is 2.11 bits per heavy atom. The molecule has 0 atom stereocenters. The predicted octanol–water partition coefficient (Wildman–Crippen LogP) is 3.25. The van der Waals surface area contributed by atoms with Gasteiger partial charge in [0, 0.05) is 4.47 Å². The van der Waals surface area contributed by atoms with Crippen molar-refractivity contribution >= 4 is 27.7 Å². The molecular weight excluding hydrogens is 315 g/mol. The molecule has 0 saturated heterocycles. The van der Waals surface area contributed by atoms with E-state index in [1.54, 1.807) is 19.1 Å². The second kappa shape index (κ2) is 5.36. The molecule has 98 valence electrons. The number of carbonyl (C=O) groups excluding carboxylic acids is 1. The van der Waals surface area contributed by atoms with Crippen LogP contribution in [-0.4, -0.2) is 16.0 Å². The van der Waals surface area contributed by atoms with Crippen molar-refractivity contribution < 1.29 is 14.3 Å². The van der Waals surface area contributed by atoms with E-state index in [9.17, 15) is 14.3 Å². The minimum atomic E-state index is -0.619. The summed E-state index contributed by atoms with van der Waals surface area (Å²) in [5.74, 6) is -1.17. The predicted molar refractivity (Wildman–Crippen MR) is 72.7 cm³/mol. The number of phenolic OH excluding ortho intramolecular Hbond substituents is 1. The van der Waals surface area contributed by atoms with E-state index in [1.807, 2.05) is 0 Å². The molecule has 0 aliphatic heterocycles. The van der Waals surface area contributed by atoms with Gasteiger partial charge in [-0.1, -0.05) is 0 Å². The SMILES string of the molecule is Cc1nc(NC(=O)c2cc(F)ccc2O)ccc1Br. The number of aryl methyl sites for hydroxylation is 1. The Morgan fingerprint density at radius 3 is 2.79 bits per heavy atom. The number of carbonyl (C=O) groups is 1. The number of pyridine rings is 1. The summed E-state index contributed by atoms with van der Waals surface area (Å²) in [7, 11) is 0. The molecule has 2 aromatic rings. The van der Waals surface area contributed by atoms with E-state index in [1.165, 1.54) is 0 Å². The fourth-order valence-corrected chi connectivity index (χ4v) is 1.71. The number of nitrogens with zero attached hydrogens (tertiary/aromatic N) is 1. The summed E-state index contributed by atoms with van der Waals surface area (Å²) in [5, 5.41) is 12.0. The summed E-state index contributed by atoms with van der Waals surface area (Å²) >= 11 is 3.30. The van der Waals surface area contributed by atoms with Crippen LogP contribution in [-0.2, 0) is 0 Å². The lowest BCUT2D eigenvalue weighted by molar-refractivity contribution is 0.102. The molecule has 4 nitrogen and oxygen atoms in total. The van der Waals surface area contributed by atoms with E-state index < -0.39 is 11.7 Å². The number of hydrogen-bond donors (Lipinski definition) is 2. The standard InChI is InChI=1S/C13H10BrFN2O2/c1-7-10(14)3-5-12(16-7)17-13(19)9-6-8(15)2-4-11(9)18/h2-6,18H,1H3,(H,16,17,19). The topological polar surface area (TPSA) is 62.2 Å². The van der Waals surface area contributed by atoms with E-state index in [-0.39, 0.29) is 11.3 Å². The first-order valence-corrected chi connectivity index (χ1v) is 6.19. The van der Waals surface area contributed by atoms with Crippen LogP contribution >= 0.6 is 15.9 Å². The quantitative estimate of drug-likeness (QED) is 0.891. The summed E-state index contributed by atoms with van der Waals surface area (Å²) in [6.07, 6.45) is 0. The van der Waals surface area contributed by atoms with Gasteiger partial charge in [0.05, 0.1) is 11.3 Å². The minimum absolute atomic E-state index is 0.137. The molecule has 0 saturated carbocycles. The number of anilines is 1. The van der Waals surface area contributed by atoms with Crippen LogP contribution < -0.4 is 5.32 Å². The highest BCUT2D eigenvalue weighted by atomic mass is 79.9. The number of phenols is 1. The van der Waals surface area contributed by atoms with E-state index >= 15 is 0 Å². The maximum Gasteiger partial charge on any atom is 0.260 e. The van der Waals surface area contributed by atoms with Crippen molar-refractivity contribution in [2.24, 2.45) is 0 Å². The second-order valence-corrected chi connectivity index (χ2v) is 4.73. The fourth-order valence-electron chi connectivity index (χ4n) is 1.49. The van der Waals surface area contributed by atoms with Gasteiger partial charge in [0.2, 0.25) is 0 Å². The van der Waals surface area contributed by atoms with Crippen LogP contribution in [0, 0.1) is 12.7 Å². The highest BCUT2D eigenvalue weighted by Gasteiger charge is 2.13. The van der Waals surface area contributed by atoms with Gasteiger partial charge in [-0.25, -0.2) is 9.37 Å². The molecule has 19 heavy (non-hydrogen) atoms. The molecule has 0 spiro atoms. The van der Waals surface area contributed by atoms with Gasteiger partial charge in [-0.2, -0.15) is 0 Å². The summed E-state index contributed by atoms with van der Waals surface area (Å²) in [6.45, 7) is 1.78. The van der Waals surface area contributed by atoms with Gasteiger partial charge < -0.3 is 10.4 Å². The summed E-state index contributed by atoms with van der Waals surface area (Å²) in [4.78, 5) is 16.0. The molecular formula is C13H10BrFN2O2. The van der Waals surface area contributed by atoms with Crippen LogP contribution in [0.25, 0.3) is 0 Å². The molecule has 1 aromatic heterocycles. The highest BCUT2D eigenvalue weighted by molar-refractivity contribution is 9.10. The van der Waals surface area contributed by atoms with Crippen molar-refractivity contribution in [3.8, 4) is 5.75 Å². The molecule has 1 amide bonds. The molecule has 0 radical (unpaired) electrons. The van der Waals surface area contributed by atoms with Gasteiger partial charge in [0.1, 0.15) is 17.4 Å². The molecule has 0 aliphatic rings. The second-order valence-electron chi connectivity index (χ2n) is 3.88. The number of aromatic nitrogens is 1. The van der Waals surface area contributed by atoms with E-state index in [0.29, 0.717) is 11.5 Å². The number of nitrogens with one attached hydrogen (secondary N) is 1. The fraction of sp³-hybridized carbons (Fsp3) is 0.0769. The van der Waals surface area contributed by atoms with Crippen molar-refractivity contribution in [2.45, 2.75) is 6.92 Å². The normalized spacial score (nSPS) is 10.3. The van der Waals surface area contributed by atoms with Crippen LogP contribution in [0.3, 0.4) is 0 Å². The van der Waals surface area contributed by atoms with Crippen LogP contribution in [0.5, 0.6) is 5.75 Å². The van der Waals surface area contributed by atoms with Crippen molar-refractivity contribution in [1.29, 1.82) is 0 Å². The van der Waals surface area contributed by atoms with Gasteiger partial charge in [-0.05, 0) is 53.2 Å². The maximum atomic E-state index is 13.1. The maximum absolute atomic E-state index is 13.1. The van der Waals surface area contributed by atoms with Gasteiger partial charge in [-0.3, -0.25) is 4.79 Å². The zero-order valence-corrected chi connectivity index (χ0v) is 11.5. The van der Waals surface area contributed by atoms with Gasteiger partial charge >= 0.3 is 0 Å². The van der Waals surface area contributed by atoms with Crippen LogP contribution in [0.4, 0.5) is 10.2 Å². The molecule has 0 fully saturated rings. The van der Waals surface area contributed by atoms with Crippen molar-refractivity contribution in [1.82, 2.24) is 4.98 Å². The molecule has 0 bridgehead atoms. The van der Waals surface area contributed by atoms with Gasteiger partial charge in [0.25, 0.3) is 5.91 Å². The molecule has 0 unspecified atom stereocenters. The molecule has 1 heterocycles. The average Bonchev–Trinajstić information content (AvgIpc) is 2.36. The lowest BCUT2D eigenvalue weighted by Gasteiger charge is -2.07. The van der Waals surface area contributed by atoms with Gasteiger partial charge in [-0.15, -0.1) is 0 Å². The Hall–Kier alpha value is -1.95. The van der Waals surface area contributed by atoms with Crippen molar-refractivity contribution in [2.75, 3.05) is 5.32 Å². The largest absolute Gasteiger partial charge is 0.507 e. The third kappa shape index (κ3) is 3.08. The van der Waals surface area contributed by atoms with E-state index in [2.05, 4.69) is 26.2 Å². The van der Waals surface area contributed by atoms with E-state index in [0.717, 1.165) is 22.7 Å². The number of hydrogen-bond acceptors (Lipinski definition) is 3. The van der Waals surface area contributed by atoms with Crippen molar-refractivity contribution in [3.05, 3.63) is 51.9 Å². The Balaban J connectivity index is 2.25. The monoisotopic (exact) mass is 324 g/mol. The smallest absolute Gasteiger partial charge is 0.260 e.